The first-order valence-electron chi connectivity index (χ1n) is 6.22. The second-order valence-corrected chi connectivity index (χ2v) is 4.25. The smallest absolute Gasteiger partial charge is 0.308 e. The molecule has 1 aliphatic carbocycles. The average molecular weight is 222 g/mol. The van der Waals surface area contributed by atoms with E-state index in [-0.39, 0.29) is 11.9 Å². The van der Waals surface area contributed by atoms with Crippen LogP contribution in [0.3, 0.4) is 0 Å². The van der Waals surface area contributed by atoms with Gasteiger partial charge in [-0.2, -0.15) is 0 Å². The Balaban J connectivity index is 2.47. The molecule has 2 heteroatoms. The Morgan fingerprint density at radius 2 is 1.62 bits per heavy atom. The van der Waals surface area contributed by atoms with E-state index >= 15 is 0 Å². The quantitative estimate of drug-likeness (QED) is 0.500. The fourth-order valence-electron chi connectivity index (χ4n) is 1.99. The van der Waals surface area contributed by atoms with Crippen molar-refractivity contribution < 1.29 is 9.53 Å². The summed E-state index contributed by atoms with van der Waals surface area (Å²) in [7, 11) is 1.48. The summed E-state index contributed by atoms with van der Waals surface area (Å²) in [5.41, 5.74) is 0. The summed E-state index contributed by atoms with van der Waals surface area (Å²) in [5, 5.41) is 0. The minimum Gasteiger partial charge on any atom is -0.469 e. The summed E-state index contributed by atoms with van der Waals surface area (Å²) in [6.07, 6.45) is 16.1. The lowest BCUT2D eigenvalue weighted by molar-refractivity contribution is -0.145. The maximum atomic E-state index is 11.5. The largest absolute Gasteiger partial charge is 0.469 e. The molecule has 0 aromatic heterocycles. The topological polar surface area (TPSA) is 26.3 Å². The van der Waals surface area contributed by atoms with Gasteiger partial charge in [-0.05, 0) is 44.9 Å². The van der Waals surface area contributed by atoms with Crippen molar-refractivity contribution in [3.63, 3.8) is 0 Å². The lowest BCUT2D eigenvalue weighted by Crippen LogP contribution is -2.16. The molecule has 16 heavy (non-hydrogen) atoms. The molecule has 1 unspecified atom stereocenters. The van der Waals surface area contributed by atoms with Gasteiger partial charge in [-0.25, -0.2) is 0 Å². The molecule has 1 atom stereocenters. The van der Waals surface area contributed by atoms with Crippen molar-refractivity contribution in [1.82, 2.24) is 0 Å². The summed E-state index contributed by atoms with van der Waals surface area (Å²) >= 11 is 0. The minimum absolute atomic E-state index is 0.0468. The number of hydrogen-bond donors (Lipinski definition) is 0. The third-order valence-electron chi connectivity index (χ3n) is 2.97. The number of ether oxygens (including phenoxy) is 1. The first-order chi connectivity index (χ1) is 7.84. The van der Waals surface area contributed by atoms with Gasteiger partial charge in [0.2, 0.25) is 0 Å². The lowest BCUT2D eigenvalue weighted by atomic mass is 9.96. The van der Waals surface area contributed by atoms with Crippen molar-refractivity contribution in [2.45, 2.75) is 44.9 Å². The van der Waals surface area contributed by atoms with Crippen molar-refractivity contribution in [3.05, 3.63) is 24.3 Å². The van der Waals surface area contributed by atoms with Crippen LogP contribution >= 0.6 is 0 Å². The highest BCUT2D eigenvalue weighted by atomic mass is 16.5. The Kier molecular flexibility index (Phi) is 6.62. The van der Waals surface area contributed by atoms with Gasteiger partial charge in [0, 0.05) is 0 Å². The SMILES string of the molecule is COC(=O)C1CCC=CCCC=CCCC1. The van der Waals surface area contributed by atoms with Crippen LogP contribution in [0.15, 0.2) is 24.3 Å². The maximum Gasteiger partial charge on any atom is 0.308 e. The molecule has 0 fully saturated rings. The molecule has 0 aromatic carbocycles. The van der Waals surface area contributed by atoms with Crippen molar-refractivity contribution in [3.8, 4) is 0 Å². The van der Waals surface area contributed by atoms with Gasteiger partial charge in [0.25, 0.3) is 0 Å². The summed E-state index contributed by atoms with van der Waals surface area (Å²) in [6.45, 7) is 0. The Bertz CT molecular complexity index is 253. The van der Waals surface area contributed by atoms with Gasteiger partial charge in [0.15, 0.2) is 0 Å². The number of allylic oxidation sites excluding steroid dienone is 4. The van der Waals surface area contributed by atoms with Gasteiger partial charge >= 0.3 is 5.97 Å². The molecular formula is C14H22O2. The molecule has 0 N–H and O–H groups in total. The first kappa shape index (κ1) is 13.0. The molecule has 0 spiro atoms. The fourth-order valence-corrected chi connectivity index (χ4v) is 1.99. The highest BCUT2D eigenvalue weighted by Crippen LogP contribution is 2.18. The molecule has 0 saturated heterocycles. The van der Waals surface area contributed by atoms with Gasteiger partial charge in [-0.3, -0.25) is 4.79 Å². The number of hydrogen-bond acceptors (Lipinski definition) is 2. The van der Waals surface area contributed by atoms with E-state index in [0.29, 0.717) is 0 Å². The molecule has 0 saturated carbocycles. The van der Waals surface area contributed by atoms with Crippen LogP contribution in [0.5, 0.6) is 0 Å². The molecule has 0 amide bonds. The second-order valence-electron chi connectivity index (χ2n) is 4.25. The van der Waals surface area contributed by atoms with Gasteiger partial charge in [0.05, 0.1) is 13.0 Å². The Hall–Kier alpha value is -1.05. The van der Waals surface area contributed by atoms with Crippen LogP contribution in [-0.4, -0.2) is 13.1 Å². The Labute approximate surface area is 98.4 Å². The number of esters is 1. The van der Waals surface area contributed by atoms with E-state index < -0.39 is 0 Å². The van der Waals surface area contributed by atoms with E-state index in [0.717, 1.165) is 44.9 Å². The molecule has 2 nitrogen and oxygen atoms in total. The highest BCUT2D eigenvalue weighted by molar-refractivity contribution is 5.72. The van der Waals surface area contributed by atoms with Crippen molar-refractivity contribution in [2.24, 2.45) is 5.92 Å². The zero-order valence-corrected chi connectivity index (χ0v) is 10.2. The van der Waals surface area contributed by atoms with Gasteiger partial charge < -0.3 is 4.74 Å². The summed E-state index contributed by atoms with van der Waals surface area (Å²) in [5.74, 6) is 0.0388. The number of carbonyl (C=O) groups is 1. The van der Waals surface area contributed by atoms with Crippen LogP contribution in [-0.2, 0) is 9.53 Å². The normalized spacial score (nSPS) is 23.2. The first-order valence-corrected chi connectivity index (χ1v) is 6.22. The van der Waals surface area contributed by atoms with Crippen LogP contribution in [0, 0.1) is 5.92 Å². The molecule has 0 radical (unpaired) electrons. The summed E-state index contributed by atoms with van der Waals surface area (Å²) < 4.78 is 4.83. The molecule has 1 aliphatic rings. The number of methoxy groups -OCH3 is 1. The van der Waals surface area contributed by atoms with Crippen LogP contribution in [0.1, 0.15) is 44.9 Å². The molecule has 1 rings (SSSR count). The zero-order chi connectivity index (χ0) is 11.6. The lowest BCUT2D eigenvalue weighted by Gasteiger charge is -2.13. The summed E-state index contributed by atoms with van der Waals surface area (Å²) in [6, 6.07) is 0. The number of carbonyl (C=O) groups excluding carboxylic acids is 1. The molecule has 90 valence electrons. The number of rotatable bonds is 1. The van der Waals surface area contributed by atoms with Crippen LogP contribution in [0.4, 0.5) is 0 Å². The van der Waals surface area contributed by atoms with Crippen molar-refractivity contribution in [1.29, 1.82) is 0 Å². The van der Waals surface area contributed by atoms with Crippen LogP contribution in [0.25, 0.3) is 0 Å². The third kappa shape index (κ3) is 5.15. The van der Waals surface area contributed by atoms with Crippen molar-refractivity contribution >= 4 is 5.97 Å². The minimum atomic E-state index is -0.0468. The molecule has 0 heterocycles. The van der Waals surface area contributed by atoms with Crippen LogP contribution < -0.4 is 0 Å². The predicted molar refractivity (Wildman–Crippen MR) is 66.1 cm³/mol. The van der Waals surface area contributed by atoms with Gasteiger partial charge in [0.1, 0.15) is 0 Å². The standard InChI is InChI=1S/C14H22O2/c1-16-14(15)13-11-9-7-5-3-2-4-6-8-10-12-13/h3,5-6,8,13H,2,4,7,9-12H2,1H3. The molecule has 0 bridgehead atoms. The fraction of sp³-hybridized carbons (Fsp3) is 0.643. The molecule has 0 aromatic rings. The van der Waals surface area contributed by atoms with E-state index in [1.807, 2.05) is 0 Å². The average Bonchev–Trinajstić information content (AvgIpc) is 2.29. The second kappa shape index (κ2) is 8.14. The zero-order valence-electron chi connectivity index (χ0n) is 10.2. The van der Waals surface area contributed by atoms with Crippen molar-refractivity contribution in [2.75, 3.05) is 7.11 Å². The summed E-state index contributed by atoms with van der Waals surface area (Å²) in [4.78, 5) is 11.5. The van der Waals surface area contributed by atoms with Gasteiger partial charge in [-0.15, -0.1) is 0 Å². The van der Waals surface area contributed by atoms with E-state index in [4.69, 9.17) is 4.74 Å². The Morgan fingerprint density at radius 1 is 1.00 bits per heavy atom. The highest BCUT2D eigenvalue weighted by Gasteiger charge is 2.17. The van der Waals surface area contributed by atoms with E-state index in [9.17, 15) is 4.79 Å². The molecular weight excluding hydrogens is 200 g/mol. The van der Waals surface area contributed by atoms with Crippen LogP contribution in [0.2, 0.25) is 0 Å². The third-order valence-corrected chi connectivity index (χ3v) is 2.97. The van der Waals surface area contributed by atoms with E-state index in [1.165, 1.54) is 7.11 Å². The molecule has 0 aliphatic heterocycles. The predicted octanol–water partition coefficient (Wildman–Crippen LogP) is 3.63. The monoisotopic (exact) mass is 222 g/mol. The maximum absolute atomic E-state index is 11.5. The van der Waals surface area contributed by atoms with E-state index in [1.54, 1.807) is 0 Å². The van der Waals surface area contributed by atoms with Gasteiger partial charge in [-0.1, -0.05) is 24.3 Å². The van der Waals surface area contributed by atoms with E-state index in [2.05, 4.69) is 24.3 Å². The Morgan fingerprint density at radius 3 is 2.31 bits per heavy atom.